The SMILES string of the molecule is [N-]=[N+]=NCC(=O)N1CC[C@](O)(C(F)(F)F)C1. The molecule has 1 amide bonds. The molecule has 9 heteroatoms. The minimum Gasteiger partial charge on any atom is -0.379 e. The van der Waals surface area contributed by atoms with Crippen molar-refractivity contribution in [2.24, 2.45) is 5.11 Å². The van der Waals surface area contributed by atoms with Crippen molar-refractivity contribution >= 4 is 5.91 Å². The van der Waals surface area contributed by atoms with Crippen LogP contribution in [0.1, 0.15) is 6.42 Å². The van der Waals surface area contributed by atoms with Crippen molar-refractivity contribution in [1.82, 2.24) is 4.90 Å². The third kappa shape index (κ3) is 2.37. The maximum Gasteiger partial charge on any atom is 0.419 e. The van der Waals surface area contributed by atoms with Gasteiger partial charge >= 0.3 is 6.18 Å². The normalized spacial score (nSPS) is 25.4. The molecule has 6 nitrogen and oxygen atoms in total. The molecule has 1 aliphatic heterocycles. The van der Waals surface area contributed by atoms with Crippen LogP contribution in [0.3, 0.4) is 0 Å². The fraction of sp³-hybridized carbons (Fsp3) is 0.857. The largest absolute Gasteiger partial charge is 0.419 e. The summed E-state index contributed by atoms with van der Waals surface area (Å²) in [6.45, 7) is -1.55. The van der Waals surface area contributed by atoms with Crippen LogP contribution in [0.4, 0.5) is 13.2 Å². The molecule has 1 aliphatic rings. The van der Waals surface area contributed by atoms with E-state index in [1.165, 1.54) is 0 Å². The lowest BCUT2D eigenvalue weighted by atomic mass is 10.0. The maximum absolute atomic E-state index is 12.4. The highest BCUT2D eigenvalue weighted by Gasteiger charge is 2.57. The molecule has 1 atom stereocenters. The van der Waals surface area contributed by atoms with Gasteiger partial charge in [0.1, 0.15) is 6.54 Å². The van der Waals surface area contributed by atoms with Gasteiger partial charge in [-0.15, -0.1) is 0 Å². The van der Waals surface area contributed by atoms with Gasteiger partial charge in [0.05, 0.1) is 6.54 Å². The Kier molecular flexibility index (Phi) is 3.30. The number of amides is 1. The van der Waals surface area contributed by atoms with Crippen LogP contribution in [-0.4, -0.2) is 47.3 Å². The first-order valence-electron chi connectivity index (χ1n) is 4.38. The Hall–Kier alpha value is -1.47. The Morgan fingerprint density at radius 1 is 1.62 bits per heavy atom. The standard InChI is InChI=1S/C7H9F3N4O2/c8-7(9,10)6(16)1-2-14(4-6)5(15)3-12-13-11/h16H,1-4H2/t6-/m1/s1. The van der Waals surface area contributed by atoms with Gasteiger partial charge in [0.2, 0.25) is 5.91 Å². The minimum absolute atomic E-state index is 0.199. The Bertz CT molecular complexity index is 339. The minimum atomic E-state index is -4.76. The molecule has 0 aromatic heterocycles. The summed E-state index contributed by atoms with van der Waals surface area (Å²) in [6, 6.07) is 0. The van der Waals surface area contributed by atoms with Crippen LogP contribution in [0.25, 0.3) is 10.4 Å². The molecule has 1 rings (SSSR count). The van der Waals surface area contributed by atoms with E-state index in [4.69, 9.17) is 5.53 Å². The number of hydrogen-bond acceptors (Lipinski definition) is 3. The lowest BCUT2D eigenvalue weighted by Crippen LogP contribution is -2.48. The highest BCUT2D eigenvalue weighted by Crippen LogP contribution is 2.37. The van der Waals surface area contributed by atoms with E-state index >= 15 is 0 Å². The second-order valence-corrected chi connectivity index (χ2v) is 3.48. The molecule has 0 aromatic rings. The third-order valence-electron chi connectivity index (χ3n) is 2.40. The lowest BCUT2D eigenvalue weighted by molar-refractivity contribution is -0.253. The van der Waals surface area contributed by atoms with Gasteiger partial charge in [-0.1, -0.05) is 5.11 Å². The second-order valence-electron chi connectivity index (χ2n) is 3.48. The van der Waals surface area contributed by atoms with Crippen LogP contribution in [-0.2, 0) is 4.79 Å². The number of carbonyl (C=O) groups is 1. The van der Waals surface area contributed by atoms with E-state index in [0.29, 0.717) is 0 Å². The highest BCUT2D eigenvalue weighted by molar-refractivity contribution is 5.78. The van der Waals surface area contributed by atoms with Gasteiger partial charge in [-0.25, -0.2) is 0 Å². The van der Waals surface area contributed by atoms with Crippen LogP contribution in [0.5, 0.6) is 0 Å². The Morgan fingerprint density at radius 3 is 2.69 bits per heavy atom. The zero-order chi connectivity index (χ0) is 12.4. The summed E-state index contributed by atoms with van der Waals surface area (Å²) in [5.41, 5.74) is 5.10. The molecule has 1 fully saturated rings. The lowest BCUT2D eigenvalue weighted by Gasteiger charge is -2.25. The number of alkyl halides is 3. The Labute approximate surface area is 88.3 Å². The summed E-state index contributed by atoms with van der Waals surface area (Å²) >= 11 is 0. The number of azide groups is 1. The molecule has 1 N–H and O–H groups in total. The molecule has 16 heavy (non-hydrogen) atoms. The average molecular weight is 238 g/mol. The first kappa shape index (κ1) is 12.6. The molecule has 0 spiro atoms. The van der Waals surface area contributed by atoms with E-state index < -0.39 is 37.2 Å². The topological polar surface area (TPSA) is 89.3 Å². The number of aliphatic hydroxyl groups is 1. The summed E-state index contributed by atoms with van der Waals surface area (Å²) in [6.07, 6.45) is -5.32. The van der Waals surface area contributed by atoms with Crippen LogP contribution in [0.15, 0.2) is 5.11 Å². The molecular formula is C7H9F3N4O2. The van der Waals surface area contributed by atoms with Crippen molar-refractivity contribution in [1.29, 1.82) is 0 Å². The second kappa shape index (κ2) is 4.18. The van der Waals surface area contributed by atoms with E-state index in [2.05, 4.69) is 10.0 Å². The summed E-state index contributed by atoms with van der Waals surface area (Å²) in [5.74, 6) is -0.724. The number of carbonyl (C=O) groups excluding carboxylic acids is 1. The van der Waals surface area contributed by atoms with Crippen molar-refractivity contribution in [2.45, 2.75) is 18.2 Å². The number of nitrogens with zero attached hydrogens (tertiary/aromatic N) is 4. The van der Waals surface area contributed by atoms with Gasteiger partial charge in [-0.2, -0.15) is 13.2 Å². The van der Waals surface area contributed by atoms with Crippen molar-refractivity contribution in [3.63, 3.8) is 0 Å². The molecule has 90 valence electrons. The molecule has 0 bridgehead atoms. The monoisotopic (exact) mass is 238 g/mol. The maximum atomic E-state index is 12.4. The van der Waals surface area contributed by atoms with Crippen LogP contribution >= 0.6 is 0 Å². The molecule has 0 aliphatic carbocycles. The van der Waals surface area contributed by atoms with E-state index in [9.17, 15) is 23.1 Å². The molecule has 0 aromatic carbocycles. The number of likely N-dealkylation sites (tertiary alicyclic amines) is 1. The van der Waals surface area contributed by atoms with Gasteiger partial charge in [0, 0.05) is 17.9 Å². The predicted octanol–water partition coefficient (Wildman–Crippen LogP) is 0.822. The van der Waals surface area contributed by atoms with Crippen LogP contribution < -0.4 is 0 Å². The number of rotatable bonds is 2. The van der Waals surface area contributed by atoms with Gasteiger partial charge in [0.25, 0.3) is 0 Å². The van der Waals surface area contributed by atoms with Gasteiger partial charge in [0.15, 0.2) is 5.60 Å². The molecule has 1 heterocycles. The van der Waals surface area contributed by atoms with Crippen LogP contribution in [0, 0.1) is 0 Å². The van der Waals surface area contributed by atoms with E-state index in [1.807, 2.05) is 0 Å². The smallest absolute Gasteiger partial charge is 0.379 e. The van der Waals surface area contributed by atoms with E-state index in [1.54, 1.807) is 0 Å². The Morgan fingerprint density at radius 2 is 2.25 bits per heavy atom. The molecule has 0 saturated carbocycles. The van der Waals surface area contributed by atoms with Crippen LogP contribution in [0.2, 0.25) is 0 Å². The summed E-state index contributed by atoms with van der Waals surface area (Å²) in [5, 5.41) is 12.2. The number of hydrogen-bond donors (Lipinski definition) is 1. The third-order valence-corrected chi connectivity index (χ3v) is 2.40. The van der Waals surface area contributed by atoms with Gasteiger partial charge in [-0.3, -0.25) is 4.79 Å². The number of halogens is 3. The fourth-order valence-electron chi connectivity index (χ4n) is 1.43. The van der Waals surface area contributed by atoms with E-state index in [-0.39, 0.29) is 6.54 Å². The molecule has 0 unspecified atom stereocenters. The van der Waals surface area contributed by atoms with E-state index in [0.717, 1.165) is 4.90 Å². The van der Waals surface area contributed by atoms with Gasteiger partial charge < -0.3 is 10.0 Å². The molecule has 1 saturated heterocycles. The zero-order valence-corrected chi connectivity index (χ0v) is 8.11. The number of β-amino-alcohol motifs (C(OH)–C–C–N with tert-alkyl or cyclic N) is 1. The molecule has 0 radical (unpaired) electrons. The van der Waals surface area contributed by atoms with Crippen molar-refractivity contribution in [3.05, 3.63) is 10.4 Å². The fourth-order valence-corrected chi connectivity index (χ4v) is 1.43. The van der Waals surface area contributed by atoms with Crippen molar-refractivity contribution in [2.75, 3.05) is 19.6 Å². The predicted molar refractivity (Wildman–Crippen MR) is 46.2 cm³/mol. The Balaban J connectivity index is 2.65. The first-order valence-corrected chi connectivity index (χ1v) is 4.38. The summed E-state index contributed by atoms with van der Waals surface area (Å²) < 4.78 is 37.1. The summed E-state index contributed by atoms with van der Waals surface area (Å²) in [4.78, 5) is 14.4. The quantitative estimate of drug-likeness (QED) is 0.438. The first-order chi connectivity index (χ1) is 7.30. The van der Waals surface area contributed by atoms with Gasteiger partial charge in [-0.05, 0) is 5.53 Å². The highest BCUT2D eigenvalue weighted by atomic mass is 19.4. The summed E-state index contributed by atoms with van der Waals surface area (Å²) in [7, 11) is 0. The van der Waals surface area contributed by atoms with Crippen molar-refractivity contribution < 1.29 is 23.1 Å². The molecular weight excluding hydrogens is 229 g/mol. The average Bonchev–Trinajstić information content (AvgIpc) is 2.58. The zero-order valence-electron chi connectivity index (χ0n) is 8.11. The van der Waals surface area contributed by atoms with Crippen molar-refractivity contribution in [3.8, 4) is 0 Å².